The van der Waals surface area contributed by atoms with Crippen LogP contribution in [0, 0.1) is 22.5 Å². The third kappa shape index (κ3) is 3.80. The van der Waals surface area contributed by atoms with Gasteiger partial charge in [-0.15, -0.1) is 16.6 Å². The molecule has 1 aromatic carbocycles. The molecule has 110 valence electrons. The van der Waals surface area contributed by atoms with Crippen molar-refractivity contribution in [1.29, 1.82) is 0 Å². The van der Waals surface area contributed by atoms with Gasteiger partial charge in [0, 0.05) is 18.2 Å². The van der Waals surface area contributed by atoms with Crippen LogP contribution in [0.4, 0.5) is 5.69 Å². The van der Waals surface area contributed by atoms with Crippen LogP contribution < -0.4 is 0 Å². The lowest BCUT2D eigenvalue weighted by atomic mass is 10.2. The van der Waals surface area contributed by atoms with Gasteiger partial charge in [0.2, 0.25) is 0 Å². The number of terminal acetylenes is 1. The highest BCUT2D eigenvalue weighted by atomic mass is 32.2. The number of non-ortho nitro benzene ring substituents is 1. The number of allylic oxidation sites excluding steroid dienone is 1. The van der Waals surface area contributed by atoms with Crippen molar-refractivity contribution < 1.29 is 9.72 Å². The number of rotatable bonds is 5. The van der Waals surface area contributed by atoms with Gasteiger partial charge in [-0.1, -0.05) is 29.8 Å². The molecule has 0 aliphatic carbocycles. The summed E-state index contributed by atoms with van der Waals surface area (Å²) in [5.41, 5.74) is 0.512. The monoisotopic (exact) mass is 314 g/mol. The molecule has 1 heterocycles. The van der Waals surface area contributed by atoms with E-state index in [1.165, 1.54) is 46.9 Å². The van der Waals surface area contributed by atoms with Gasteiger partial charge in [0.25, 0.3) is 11.6 Å². The standard InChI is InChI=1S/C14H10N4O3S/c1-2-8-22-14-16-15-10-17(14)13(19)7-6-11-4-3-5-12(9-11)18(20)21/h1,3-7,9-10H,8H2/b7-6-. The van der Waals surface area contributed by atoms with Gasteiger partial charge in [-0.25, -0.2) is 4.57 Å². The fourth-order valence-electron chi connectivity index (χ4n) is 1.57. The summed E-state index contributed by atoms with van der Waals surface area (Å²) in [4.78, 5) is 22.3. The number of nitro groups is 1. The number of nitrogens with zero attached hydrogens (tertiary/aromatic N) is 4. The minimum atomic E-state index is -0.493. The Morgan fingerprint density at radius 1 is 1.55 bits per heavy atom. The smallest absolute Gasteiger partial charge is 0.269 e. The number of hydrogen-bond donors (Lipinski definition) is 0. The number of nitro benzene ring substituents is 1. The van der Waals surface area contributed by atoms with Crippen LogP contribution >= 0.6 is 11.8 Å². The molecule has 2 rings (SSSR count). The first-order valence-corrected chi connectivity index (χ1v) is 7.03. The molecule has 0 aliphatic rings. The third-order valence-corrected chi connectivity index (χ3v) is 3.39. The van der Waals surface area contributed by atoms with Crippen molar-refractivity contribution in [3.05, 3.63) is 52.3 Å². The van der Waals surface area contributed by atoms with Crippen molar-refractivity contribution in [1.82, 2.24) is 14.8 Å². The fraction of sp³-hybridized carbons (Fsp3) is 0.0714. The van der Waals surface area contributed by atoms with Gasteiger partial charge in [0.15, 0.2) is 5.16 Å². The van der Waals surface area contributed by atoms with E-state index in [1.54, 1.807) is 12.1 Å². The first kappa shape index (κ1) is 15.5. The average molecular weight is 314 g/mol. The zero-order valence-electron chi connectivity index (χ0n) is 11.2. The highest BCUT2D eigenvalue weighted by Crippen LogP contribution is 2.16. The van der Waals surface area contributed by atoms with Gasteiger partial charge in [0.05, 0.1) is 10.7 Å². The lowest BCUT2D eigenvalue weighted by Crippen LogP contribution is -2.07. The number of hydrogen-bond acceptors (Lipinski definition) is 6. The number of thioether (sulfide) groups is 1. The van der Waals surface area contributed by atoms with E-state index in [2.05, 4.69) is 16.1 Å². The van der Waals surface area contributed by atoms with Crippen LogP contribution in [0.1, 0.15) is 10.4 Å². The maximum atomic E-state index is 12.1. The molecule has 0 bridgehead atoms. The Balaban J connectivity index is 2.15. The molecule has 0 N–H and O–H groups in total. The Kier molecular flexibility index (Phi) is 5.06. The number of carbonyl (C=O) groups excluding carboxylic acids is 1. The van der Waals surface area contributed by atoms with Crippen molar-refractivity contribution in [2.75, 3.05) is 5.75 Å². The molecule has 0 saturated heterocycles. The third-order valence-electron chi connectivity index (χ3n) is 2.54. The van der Waals surface area contributed by atoms with Crippen LogP contribution in [0.25, 0.3) is 6.08 Å². The van der Waals surface area contributed by atoms with E-state index < -0.39 is 4.92 Å². The summed E-state index contributed by atoms with van der Waals surface area (Å²) >= 11 is 1.22. The largest absolute Gasteiger partial charge is 0.270 e. The first-order valence-electron chi connectivity index (χ1n) is 6.05. The van der Waals surface area contributed by atoms with Gasteiger partial charge in [-0.05, 0) is 11.6 Å². The molecule has 0 aliphatic heterocycles. The first-order chi connectivity index (χ1) is 10.6. The van der Waals surface area contributed by atoms with Gasteiger partial charge < -0.3 is 0 Å². The summed E-state index contributed by atoms with van der Waals surface area (Å²) in [5.74, 6) is 2.45. The Labute approximate surface area is 130 Å². The van der Waals surface area contributed by atoms with E-state index >= 15 is 0 Å². The van der Waals surface area contributed by atoms with Crippen molar-refractivity contribution in [2.45, 2.75) is 5.16 Å². The van der Waals surface area contributed by atoms with E-state index in [0.717, 1.165) is 0 Å². The summed E-state index contributed by atoms with van der Waals surface area (Å²) < 4.78 is 1.26. The van der Waals surface area contributed by atoms with E-state index in [1.807, 2.05) is 0 Å². The second-order valence-electron chi connectivity index (χ2n) is 4.00. The Hall–Kier alpha value is -2.92. The molecule has 0 saturated carbocycles. The van der Waals surface area contributed by atoms with Crippen molar-refractivity contribution in [3.63, 3.8) is 0 Å². The van der Waals surface area contributed by atoms with Crippen LogP contribution in [-0.4, -0.2) is 31.3 Å². The van der Waals surface area contributed by atoms with Crippen LogP contribution in [0.3, 0.4) is 0 Å². The lowest BCUT2D eigenvalue weighted by molar-refractivity contribution is -0.384. The lowest BCUT2D eigenvalue weighted by Gasteiger charge is -1.99. The van der Waals surface area contributed by atoms with Crippen LogP contribution in [0.2, 0.25) is 0 Å². The maximum Gasteiger partial charge on any atom is 0.270 e. The summed E-state index contributed by atoms with van der Waals surface area (Å²) in [6.07, 6.45) is 9.24. The number of aromatic nitrogens is 3. The van der Waals surface area contributed by atoms with Crippen molar-refractivity contribution in [2.24, 2.45) is 0 Å². The molecule has 0 atom stereocenters. The van der Waals surface area contributed by atoms with Crippen LogP contribution in [0.5, 0.6) is 0 Å². The highest BCUT2D eigenvalue weighted by Gasteiger charge is 2.09. The molecule has 0 radical (unpaired) electrons. The van der Waals surface area contributed by atoms with Crippen LogP contribution in [-0.2, 0) is 0 Å². The van der Waals surface area contributed by atoms with Gasteiger partial charge >= 0.3 is 0 Å². The van der Waals surface area contributed by atoms with E-state index in [0.29, 0.717) is 16.5 Å². The van der Waals surface area contributed by atoms with Crippen molar-refractivity contribution in [3.8, 4) is 12.3 Å². The number of benzene rings is 1. The molecular formula is C14H10N4O3S. The molecule has 0 fully saturated rings. The summed E-state index contributed by atoms with van der Waals surface area (Å²) in [5, 5.41) is 18.6. The van der Waals surface area contributed by atoms with Crippen LogP contribution in [0.15, 0.2) is 41.8 Å². The molecule has 0 spiro atoms. The van der Waals surface area contributed by atoms with E-state index in [9.17, 15) is 14.9 Å². The number of carbonyl (C=O) groups is 1. The molecule has 22 heavy (non-hydrogen) atoms. The molecule has 0 amide bonds. The zero-order chi connectivity index (χ0) is 15.9. The Morgan fingerprint density at radius 2 is 2.36 bits per heavy atom. The maximum absolute atomic E-state index is 12.1. The normalized spacial score (nSPS) is 10.5. The summed E-state index contributed by atoms with van der Waals surface area (Å²) in [6.45, 7) is 0. The molecule has 7 nitrogen and oxygen atoms in total. The quantitative estimate of drug-likeness (QED) is 0.276. The highest BCUT2D eigenvalue weighted by molar-refractivity contribution is 7.99. The molecule has 1 aromatic heterocycles. The SMILES string of the molecule is C#CCSc1nncn1C(=O)/C=C\c1cccc([N+](=O)[O-])c1. The zero-order valence-corrected chi connectivity index (χ0v) is 12.1. The van der Waals surface area contributed by atoms with E-state index in [-0.39, 0.29) is 11.6 Å². The van der Waals surface area contributed by atoms with Gasteiger partial charge in [-0.3, -0.25) is 14.9 Å². The second-order valence-corrected chi connectivity index (χ2v) is 4.94. The summed E-state index contributed by atoms with van der Waals surface area (Å²) in [7, 11) is 0. The molecule has 2 aromatic rings. The molecule has 0 unspecified atom stereocenters. The molecule has 8 heteroatoms. The topological polar surface area (TPSA) is 90.9 Å². The fourth-order valence-corrected chi connectivity index (χ4v) is 2.16. The molecular weight excluding hydrogens is 304 g/mol. The summed E-state index contributed by atoms with van der Waals surface area (Å²) in [6, 6.07) is 5.98. The minimum absolute atomic E-state index is 0.0378. The second kappa shape index (κ2) is 7.19. The van der Waals surface area contributed by atoms with Crippen molar-refractivity contribution >= 4 is 29.4 Å². The van der Waals surface area contributed by atoms with Gasteiger partial charge in [-0.2, -0.15) is 0 Å². The predicted molar refractivity (Wildman–Crippen MR) is 82.3 cm³/mol. The predicted octanol–water partition coefficient (Wildman–Crippen LogP) is 2.27. The van der Waals surface area contributed by atoms with E-state index in [4.69, 9.17) is 6.42 Å². The minimum Gasteiger partial charge on any atom is -0.269 e. The average Bonchev–Trinajstić information content (AvgIpc) is 2.99. The van der Waals surface area contributed by atoms with Gasteiger partial charge in [0.1, 0.15) is 6.33 Å². The Bertz CT molecular complexity index is 776. The Morgan fingerprint density at radius 3 is 3.09 bits per heavy atom.